The van der Waals surface area contributed by atoms with Crippen molar-refractivity contribution in [3.63, 3.8) is 0 Å². The van der Waals surface area contributed by atoms with Crippen molar-refractivity contribution in [3.05, 3.63) is 53.9 Å². The average Bonchev–Trinajstić information content (AvgIpc) is 2.52. The van der Waals surface area contributed by atoms with Gasteiger partial charge in [-0.05, 0) is 35.9 Å². The summed E-state index contributed by atoms with van der Waals surface area (Å²) in [6.07, 6.45) is 3.13. The Balaban J connectivity index is 2.49. The molecule has 0 atom stereocenters. The van der Waals surface area contributed by atoms with E-state index in [0.717, 1.165) is 0 Å². The standard InChI is InChI=1S/C16H15NO4/c1-20-14-7-6-11(9-15(14)21-2)13(16(18)19)10-12-5-3-4-8-17-12/h3-10H,1-2H3,(H,18,19). The van der Waals surface area contributed by atoms with Crippen LogP contribution in [0.3, 0.4) is 0 Å². The highest BCUT2D eigenvalue weighted by molar-refractivity contribution is 6.20. The maximum Gasteiger partial charge on any atom is 0.336 e. The number of aromatic nitrogens is 1. The number of hydrogen-bond donors (Lipinski definition) is 1. The number of ether oxygens (including phenoxy) is 2. The van der Waals surface area contributed by atoms with Crippen LogP contribution in [0.5, 0.6) is 11.5 Å². The molecule has 0 radical (unpaired) electrons. The van der Waals surface area contributed by atoms with Gasteiger partial charge in [-0.15, -0.1) is 0 Å². The molecular weight excluding hydrogens is 270 g/mol. The summed E-state index contributed by atoms with van der Waals surface area (Å²) in [7, 11) is 3.03. The van der Waals surface area contributed by atoms with Crippen LogP contribution in [0.1, 0.15) is 11.3 Å². The van der Waals surface area contributed by atoms with E-state index < -0.39 is 5.97 Å². The van der Waals surface area contributed by atoms with E-state index in [0.29, 0.717) is 22.8 Å². The van der Waals surface area contributed by atoms with Gasteiger partial charge >= 0.3 is 5.97 Å². The topological polar surface area (TPSA) is 68.7 Å². The third-order valence-corrected chi connectivity index (χ3v) is 2.90. The zero-order valence-electron chi connectivity index (χ0n) is 11.7. The number of methoxy groups -OCH3 is 2. The molecule has 2 aromatic rings. The summed E-state index contributed by atoms with van der Waals surface area (Å²) >= 11 is 0. The summed E-state index contributed by atoms with van der Waals surface area (Å²) < 4.78 is 10.3. The number of nitrogens with zero attached hydrogens (tertiary/aromatic N) is 1. The summed E-state index contributed by atoms with van der Waals surface area (Å²) in [5.41, 5.74) is 1.23. The van der Waals surface area contributed by atoms with Gasteiger partial charge in [0.2, 0.25) is 0 Å². The van der Waals surface area contributed by atoms with E-state index in [1.807, 2.05) is 0 Å². The van der Waals surface area contributed by atoms with Crippen LogP contribution in [0.15, 0.2) is 42.6 Å². The second kappa shape index (κ2) is 6.56. The summed E-state index contributed by atoms with van der Waals surface area (Å²) in [4.78, 5) is 15.6. The first-order valence-corrected chi connectivity index (χ1v) is 6.24. The Morgan fingerprint density at radius 1 is 1.14 bits per heavy atom. The smallest absolute Gasteiger partial charge is 0.336 e. The minimum absolute atomic E-state index is 0.134. The van der Waals surface area contributed by atoms with E-state index in [2.05, 4.69) is 4.98 Å². The Bertz CT molecular complexity index is 665. The Morgan fingerprint density at radius 2 is 1.90 bits per heavy atom. The number of carbonyl (C=O) groups is 1. The first kappa shape index (κ1) is 14.6. The van der Waals surface area contributed by atoms with Gasteiger partial charge in [0, 0.05) is 6.20 Å². The summed E-state index contributed by atoms with van der Waals surface area (Å²) in [6, 6.07) is 10.3. The SMILES string of the molecule is COc1ccc(C(=Cc2ccccn2)C(=O)O)cc1OC. The second-order valence-electron chi connectivity index (χ2n) is 4.19. The maximum absolute atomic E-state index is 11.5. The van der Waals surface area contributed by atoms with Gasteiger partial charge in [0.15, 0.2) is 11.5 Å². The van der Waals surface area contributed by atoms with Crippen LogP contribution in [0, 0.1) is 0 Å². The molecule has 0 aliphatic carbocycles. The first-order valence-electron chi connectivity index (χ1n) is 6.24. The van der Waals surface area contributed by atoms with Crippen LogP contribution < -0.4 is 9.47 Å². The lowest BCUT2D eigenvalue weighted by Crippen LogP contribution is -2.01. The molecule has 0 spiro atoms. The molecule has 0 bridgehead atoms. The van der Waals surface area contributed by atoms with E-state index in [-0.39, 0.29) is 5.57 Å². The Hall–Kier alpha value is -2.82. The molecule has 0 saturated heterocycles. The van der Waals surface area contributed by atoms with Crippen molar-refractivity contribution in [2.75, 3.05) is 14.2 Å². The van der Waals surface area contributed by atoms with Crippen molar-refractivity contribution in [2.45, 2.75) is 0 Å². The molecule has 2 rings (SSSR count). The molecule has 1 aromatic carbocycles. The largest absolute Gasteiger partial charge is 0.493 e. The average molecular weight is 285 g/mol. The number of carboxylic acid groups (broad SMARTS) is 1. The fourth-order valence-electron chi connectivity index (χ4n) is 1.88. The van der Waals surface area contributed by atoms with E-state index in [1.54, 1.807) is 42.6 Å². The molecule has 5 nitrogen and oxygen atoms in total. The molecule has 0 aliphatic heterocycles. The molecule has 1 heterocycles. The van der Waals surface area contributed by atoms with Gasteiger partial charge in [0.1, 0.15) is 0 Å². The van der Waals surface area contributed by atoms with E-state index >= 15 is 0 Å². The van der Waals surface area contributed by atoms with E-state index in [4.69, 9.17) is 9.47 Å². The highest BCUT2D eigenvalue weighted by Gasteiger charge is 2.14. The molecule has 0 unspecified atom stereocenters. The number of benzene rings is 1. The highest BCUT2D eigenvalue weighted by atomic mass is 16.5. The number of pyridine rings is 1. The van der Waals surface area contributed by atoms with Crippen LogP contribution >= 0.6 is 0 Å². The first-order chi connectivity index (χ1) is 10.2. The molecule has 21 heavy (non-hydrogen) atoms. The van der Waals surface area contributed by atoms with Gasteiger partial charge in [-0.1, -0.05) is 12.1 Å². The van der Waals surface area contributed by atoms with Gasteiger partial charge in [0.05, 0.1) is 25.5 Å². The quantitative estimate of drug-likeness (QED) is 0.855. The van der Waals surface area contributed by atoms with Crippen LogP contribution in [0.25, 0.3) is 11.6 Å². The summed E-state index contributed by atoms with van der Waals surface area (Å²) in [6.45, 7) is 0. The summed E-state index contributed by atoms with van der Waals surface area (Å²) in [5.74, 6) is -0.0140. The normalized spacial score (nSPS) is 11.0. The maximum atomic E-state index is 11.5. The predicted molar refractivity (Wildman–Crippen MR) is 79.3 cm³/mol. The molecule has 1 aromatic heterocycles. The number of aliphatic carboxylic acids is 1. The molecular formula is C16H15NO4. The predicted octanol–water partition coefficient (Wildman–Crippen LogP) is 2.72. The van der Waals surface area contributed by atoms with E-state index in [9.17, 15) is 9.90 Å². The molecule has 0 amide bonds. The van der Waals surface area contributed by atoms with Crippen molar-refractivity contribution < 1.29 is 19.4 Å². The van der Waals surface area contributed by atoms with Gasteiger partial charge in [-0.25, -0.2) is 4.79 Å². The lowest BCUT2D eigenvalue weighted by atomic mass is 10.0. The van der Waals surface area contributed by atoms with Crippen molar-refractivity contribution in [1.82, 2.24) is 4.98 Å². The number of rotatable bonds is 5. The van der Waals surface area contributed by atoms with Gasteiger partial charge in [0.25, 0.3) is 0 Å². The van der Waals surface area contributed by atoms with Crippen LogP contribution in [-0.4, -0.2) is 30.3 Å². The summed E-state index contributed by atoms with van der Waals surface area (Å²) in [5, 5.41) is 9.41. The fourth-order valence-corrected chi connectivity index (χ4v) is 1.88. The van der Waals surface area contributed by atoms with Crippen molar-refractivity contribution in [2.24, 2.45) is 0 Å². The molecule has 0 saturated carbocycles. The molecule has 0 aliphatic rings. The third kappa shape index (κ3) is 3.39. The van der Waals surface area contributed by atoms with Crippen molar-refractivity contribution in [3.8, 4) is 11.5 Å². The monoisotopic (exact) mass is 285 g/mol. The third-order valence-electron chi connectivity index (χ3n) is 2.90. The van der Waals surface area contributed by atoms with Crippen LogP contribution in [-0.2, 0) is 4.79 Å². The molecule has 108 valence electrons. The molecule has 5 heteroatoms. The fraction of sp³-hybridized carbons (Fsp3) is 0.125. The Morgan fingerprint density at radius 3 is 2.48 bits per heavy atom. The molecule has 1 N–H and O–H groups in total. The Kier molecular flexibility index (Phi) is 4.56. The van der Waals surface area contributed by atoms with Gasteiger partial charge in [-0.2, -0.15) is 0 Å². The zero-order chi connectivity index (χ0) is 15.2. The zero-order valence-corrected chi connectivity index (χ0v) is 11.7. The Labute approximate surface area is 122 Å². The van der Waals surface area contributed by atoms with Crippen LogP contribution in [0.2, 0.25) is 0 Å². The minimum Gasteiger partial charge on any atom is -0.493 e. The van der Waals surface area contributed by atoms with Gasteiger partial charge < -0.3 is 14.6 Å². The van der Waals surface area contributed by atoms with Crippen molar-refractivity contribution >= 4 is 17.6 Å². The lowest BCUT2D eigenvalue weighted by Gasteiger charge is -2.10. The minimum atomic E-state index is -1.03. The number of hydrogen-bond acceptors (Lipinski definition) is 4. The number of carboxylic acids is 1. The van der Waals surface area contributed by atoms with E-state index in [1.165, 1.54) is 20.3 Å². The second-order valence-corrected chi connectivity index (χ2v) is 4.19. The lowest BCUT2D eigenvalue weighted by molar-refractivity contribution is -0.130. The molecule has 0 fully saturated rings. The van der Waals surface area contributed by atoms with Gasteiger partial charge in [-0.3, -0.25) is 4.98 Å². The highest BCUT2D eigenvalue weighted by Crippen LogP contribution is 2.31. The van der Waals surface area contributed by atoms with Crippen molar-refractivity contribution in [1.29, 1.82) is 0 Å². The van der Waals surface area contributed by atoms with Crippen LogP contribution in [0.4, 0.5) is 0 Å².